The Bertz CT molecular complexity index is 1130. The first-order valence-corrected chi connectivity index (χ1v) is 11.0. The Morgan fingerprint density at radius 3 is 2.29 bits per heavy atom. The highest BCUT2D eigenvalue weighted by molar-refractivity contribution is 5.24. The fraction of sp³-hybridized carbons (Fsp3) is 0.360. The topological polar surface area (TPSA) is 88.6 Å². The molecular weight excluding hydrogens is 444 g/mol. The van der Waals surface area contributed by atoms with Gasteiger partial charge >= 0.3 is 5.69 Å². The van der Waals surface area contributed by atoms with Crippen molar-refractivity contribution in [3.05, 3.63) is 94.5 Å². The average molecular weight is 472 g/mol. The van der Waals surface area contributed by atoms with Crippen molar-refractivity contribution >= 4 is 5.82 Å². The van der Waals surface area contributed by atoms with Crippen LogP contribution < -0.4 is 11.4 Å². The fourth-order valence-electron chi connectivity index (χ4n) is 4.05. The quantitative estimate of drug-likeness (QED) is 0.513. The summed E-state index contributed by atoms with van der Waals surface area (Å²) in [4.78, 5) is 16.0. The summed E-state index contributed by atoms with van der Waals surface area (Å²) in [6, 6.07) is 19.8. The van der Waals surface area contributed by atoms with Gasteiger partial charge < -0.3 is 19.9 Å². The van der Waals surface area contributed by atoms with E-state index in [-0.39, 0.29) is 25.6 Å². The molecule has 0 amide bonds. The molecule has 1 aliphatic heterocycles. The van der Waals surface area contributed by atoms with Gasteiger partial charge in [0.1, 0.15) is 18.1 Å². The van der Waals surface area contributed by atoms with E-state index < -0.39 is 36.0 Å². The lowest BCUT2D eigenvalue weighted by molar-refractivity contribution is -0.185. The Hall–Kier alpha value is -3.14. The number of hydrogen-bond donors (Lipinski definition) is 1. The zero-order valence-electron chi connectivity index (χ0n) is 18.7. The van der Waals surface area contributed by atoms with Crippen molar-refractivity contribution in [2.45, 2.75) is 50.4 Å². The molecule has 1 saturated heterocycles. The van der Waals surface area contributed by atoms with Crippen LogP contribution in [0.25, 0.3) is 0 Å². The minimum atomic E-state index is -1.87. The Morgan fingerprint density at radius 2 is 1.71 bits per heavy atom. The Labute approximate surface area is 196 Å². The van der Waals surface area contributed by atoms with Crippen LogP contribution in [-0.4, -0.2) is 40.2 Å². The Morgan fingerprint density at radius 1 is 1.09 bits per heavy atom. The first-order chi connectivity index (χ1) is 16.4. The van der Waals surface area contributed by atoms with Gasteiger partial charge in [-0.2, -0.15) is 4.98 Å². The van der Waals surface area contributed by atoms with Gasteiger partial charge in [-0.1, -0.05) is 60.7 Å². The van der Waals surface area contributed by atoms with Crippen LogP contribution in [0.5, 0.6) is 0 Å². The van der Waals surface area contributed by atoms with Crippen LogP contribution in [0.15, 0.2) is 77.7 Å². The molecule has 0 radical (unpaired) electrons. The van der Waals surface area contributed by atoms with Crippen molar-refractivity contribution in [1.82, 2.24) is 9.55 Å². The van der Waals surface area contributed by atoms with Gasteiger partial charge in [-0.15, -0.1) is 0 Å². The maximum Gasteiger partial charge on any atom is 0.351 e. The molecule has 1 aliphatic rings. The minimum absolute atomic E-state index is 0.0113. The SMILES string of the molecule is C[C@@H](F)[C@]1(COCc2ccccc2)O[C@@H](n2ccc(N)nc2=O)[C@H](F)[C@@H]1OCc1ccccc1. The van der Waals surface area contributed by atoms with Gasteiger partial charge in [0.2, 0.25) is 0 Å². The number of halogens is 2. The van der Waals surface area contributed by atoms with E-state index in [1.165, 1.54) is 19.2 Å². The molecule has 0 spiro atoms. The molecule has 3 aromatic rings. The average Bonchev–Trinajstić information content (AvgIpc) is 3.11. The largest absolute Gasteiger partial charge is 0.383 e. The van der Waals surface area contributed by atoms with Crippen LogP contribution >= 0.6 is 0 Å². The lowest BCUT2D eigenvalue weighted by Crippen LogP contribution is -2.53. The van der Waals surface area contributed by atoms with E-state index in [9.17, 15) is 4.79 Å². The van der Waals surface area contributed by atoms with Crippen molar-refractivity contribution in [3.63, 3.8) is 0 Å². The molecule has 0 unspecified atom stereocenters. The van der Waals surface area contributed by atoms with Crippen LogP contribution in [-0.2, 0) is 27.4 Å². The Balaban J connectivity index is 1.62. The second-order valence-corrected chi connectivity index (χ2v) is 8.26. The number of nitrogen functional groups attached to an aromatic ring is 1. The predicted octanol–water partition coefficient (Wildman–Crippen LogP) is 3.59. The van der Waals surface area contributed by atoms with E-state index in [1.54, 1.807) is 0 Å². The molecule has 5 atom stereocenters. The molecule has 2 aromatic carbocycles. The molecule has 2 N–H and O–H groups in total. The number of nitrogens with two attached hydrogens (primary N) is 1. The molecule has 0 aliphatic carbocycles. The van der Waals surface area contributed by atoms with Crippen LogP contribution in [0, 0.1) is 0 Å². The van der Waals surface area contributed by atoms with Gasteiger partial charge in [0.15, 0.2) is 18.0 Å². The highest BCUT2D eigenvalue weighted by atomic mass is 19.1. The number of benzene rings is 2. The normalized spacial score (nSPS) is 25.3. The third kappa shape index (κ3) is 5.01. The smallest absolute Gasteiger partial charge is 0.351 e. The van der Waals surface area contributed by atoms with Crippen LogP contribution in [0.3, 0.4) is 0 Å². The molecule has 0 bridgehead atoms. The summed E-state index contributed by atoms with van der Waals surface area (Å²) in [5.41, 5.74) is 4.62. The molecule has 1 fully saturated rings. The Kier molecular flexibility index (Phi) is 7.35. The lowest BCUT2D eigenvalue weighted by atomic mass is 9.91. The fourth-order valence-corrected chi connectivity index (χ4v) is 4.05. The maximum absolute atomic E-state index is 15.8. The van der Waals surface area contributed by atoms with Crippen molar-refractivity contribution in [1.29, 1.82) is 0 Å². The molecule has 7 nitrogen and oxygen atoms in total. The van der Waals surface area contributed by atoms with Crippen LogP contribution in [0.1, 0.15) is 24.3 Å². The van der Waals surface area contributed by atoms with Gasteiger partial charge in [0.25, 0.3) is 0 Å². The summed E-state index contributed by atoms with van der Waals surface area (Å²) < 4.78 is 49.7. The van der Waals surface area contributed by atoms with Gasteiger partial charge in [-0.05, 0) is 24.1 Å². The van der Waals surface area contributed by atoms with E-state index in [2.05, 4.69) is 4.98 Å². The van der Waals surface area contributed by atoms with Gasteiger partial charge in [-0.3, -0.25) is 4.57 Å². The van der Waals surface area contributed by atoms with Crippen LogP contribution in [0.2, 0.25) is 0 Å². The van der Waals surface area contributed by atoms with Crippen molar-refractivity contribution < 1.29 is 23.0 Å². The number of hydrogen-bond acceptors (Lipinski definition) is 6. The molecule has 1 aromatic heterocycles. The second-order valence-electron chi connectivity index (χ2n) is 8.26. The number of rotatable bonds is 9. The summed E-state index contributed by atoms with van der Waals surface area (Å²) in [6.45, 7) is 1.19. The summed E-state index contributed by atoms with van der Waals surface area (Å²) in [7, 11) is 0. The standard InChI is InChI=1S/C25H27F2N3O4/c1-17(26)25(16-32-14-18-8-4-2-5-9-18)22(33-15-19-10-6-3-7-11-19)21(27)23(34-25)30-13-12-20(28)29-24(30)31/h2-13,17,21-23H,14-16H2,1H3,(H2,28,29,31)/t17-,21-,22+,23-,25+/m1/s1. The summed E-state index contributed by atoms with van der Waals surface area (Å²) in [5.74, 6) is -0.0113. The third-order valence-electron chi connectivity index (χ3n) is 5.89. The van der Waals surface area contributed by atoms with Gasteiger partial charge in [0, 0.05) is 6.20 Å². The second kappa shape index (κ2) is 10.4. The lowest BCUT2D eigenvalue weighted by Gasteiger charge is -2.35. The number of alkyl halides is 2. The van der Waals surface area contributed by atoms with Crippen molar-refractivity contribution in [2.75, 3.05) is 12.3 Å². The van der Waals surface area contributed by atoms with E-state index in [1.807, 2.05) is 60.7 Å². The molecule has 180 valence electrons. The molecular formula is C25H27F2N3O4. The van der Waals surface area contributed by atoms with Gasteiger partial charge in [0.05, 0.1) is 19.8 Å². The first-order valence-electron chi connectivity index (χ1n) is 11.0. The van der Waals surface area contributed by atoms with E-state index in [0.29, 0.717) is 0 Å². The molecule has 9 heteroatoms. The predicted molar refractivity (Wildman–Crippen MR) is 122 cm³/mol. The first kappa shape index (κ1) is 24.0. The number of ether oxygens (including phenoxy) is 3. The zero-order chi connectivity index (χ0) is 24.1. The van der Waals surface area contributed by atoms with Gasteiger partial charge in [-0.25, -0.2) is 13.6 Å². The van der Waals surface area contributed by atoms with E-state index in [0.717, 1.165) is 15.7 Å². The number of anilines is 1. The number of aromatic nitrogens is 2. The highest BCUT2D eigenvalue weighted by Gasteiger charge is 2.61. The van der Waals surface area contributed by atoms with Crippen molar-refractivity contribution in [3.8, 4) is 0 Å². The summed E-state index contributed by atoms with van der Waals surface area (Å²) in [5, 5.41) is 0. The highest BCUT2D eigenvalue weighted by Crippen LogP contribution is 2.44. The van der Waals surface area contributed by atoms with Crippen LogP contribution in [0.4, 0.5) is 14.6 Å². The number of nitrogens with zero attached hydrogens (tertiary/aromatic N) is 2. The summed E-state index contributed by atoms with van der Waals surface area (Å²) >= 11 is 0. The third-order valence-corrected chi connectivity index (χ3v) is 5.89. The zero-order valence-corrected chi connectivity index (χ0v) is 18.7. The molecule has 0 saturated carbocycles. The molecule has 34 heavy (non-hydrogen) atoms. The minimum Gasteiger partial charge on any atom is -0.383 e. The molecule has 2 heterocycles. The maximum atomic E-state index is 15.8. The van der Waals surface area contributed by atoms with Crippen molar-refractivity contribution in [2.24, 2.45) is 0 Å². The summed E-state index contributed by atoms with van der Waals surface area (Å²) in [6.07, 6.45) is -5.08. The van der Waals surface area contributed by atoms with E-state index in [4.69, 9.17) is 19.9 Å². The molecule has 4 rings (SSSR count). The van der Waals surface area contributed by atoms with E-state index >= 15 is 8.78 Å². The monoisotopic (exact) mass is 471 g/mol.